The van der Waals surface area contributed by atoms with Gasteiger partial charge in [-0.3, -0.25) is 9.78 Å². The zero-order chi connectivity index (χ0) is 19.6. The van der Waals surface area contributed by atoms with Gasteiger partial charge < -0.3 is 9.64 Å². The summed E-state index contributed by atoms with van der Waals surface area (Å²) in [6.07, 6.45) is 6.47. The number of ether oxygens (including phenoxy) is 1. The molecule has 0 saturated heterocycles. The van der Waals surface area contributed by atoms with Crippen molar-refractivity contribution in [2.45, 2.75) is 0 Å². The average Bonchev–Trinajstić information content (AvgIpc) is 2.76. The Balaban J connectivity index is 1.44. The van der Waals surface area contributed by atoms with Crippen LogP contribution in [0.15, 0.2) is 78.3 Å². The molecule has 0 aliphatic carbocycles. The third kappa shape index (κ3) is 5.63. The van der Waals surface area contributed by atoms with E-state index in [2.05, 4.69) is 20.5 Å². The third-order valence-corrected chi connectivity index (χ3v) is 3.94. The number of amides is 1. The Labute approximate surface area is 163 Å². The summed E-state index contributed by atoms with van der Waals surface area (Å²) < 4.78 is 5.76. The number of hydrogen-bond acceptors (Lipinski definition) is 6. The van der Waals surface area contributed by atoms with Crippen LogP contribution in [0.3, 0.4) is 0 Å². The van der Waals surface area contributed by atoms with Crippen molar-refractivity contribution in [2.24, 2.45) is 5.10 Å². The molecule has 3 rings (SSSR count). The predicted molar refractivity (Wildman–Crippen MR) is 109 cm³/mol. The molecule has 1 amide bonds. The highest BCUT2D eigenvalue weighted by Crippen LogP contribution is 2.12. The maximum Gasteiger partial charge on any atom is 0.271 e. The molecule has 1 N–H and O–H groups in total. The van der Waals surface area contributed by atoms with Gasteiger partial charge in [0.05, 0.1) is 12.8 Å². The molecule has 2 aromatic heterocycles. The van der Waals surface area contributed by atoms with Crippen molar-refractivity contribution in [3.05, 3.63) is 84.3 Å². The lowest BCUT2D eigenvalue weighted by Gasteiger charge is -2.18. The van der Waals surface area contributed by atoms with Gasteiger partial charge in [-0.2, -0.15) is 5.10 Å². The Morgan fingerprint density at radius 2 is 1.89 bits per heavy atom. The highest BCUT2D eigenvalue weighted by molar-refractivity contribution is 5.94. The monoisotopic (exact) mass is 375 g/mol. The van der Waals surface area contributed by atoms with Crippen molar-refractivity contribution in [2.75, 3.05) is 25.1 Å². The fraction of sp³-hybridized carbons (Fsp3) is 0.143. The van der Waals surface area contributed by atoms with E-state index in [9.17, 15) is 4.79 Å². The summed E-state index contributed by atoms with van der Waals surface area (Å²) in [5.41, 5.74) is 3.85. The Hall–Kier alpha value is -3.74. The number of aromatic nitrogens is 2. The van der Waals surface area contributed by atoms with Gasteiger partial charge in [0.15, 0.2) is 0 Å². The Morgan fingerprint density at radius 1 is 1.11 bits per heavy atom. The third-order valence-electron chi connectivity index (χ3n) is 3.94. The molecular weight excluding hydrogens is 354 g/mol. The first-order chi connectivity index (χ1) is 13.7. The molecule has 0 spiro atoms. The van der Waals surface area contributed by atoms with E-state index in [1.54, 1.807) is 36.9 Å². The number of carbonyl (C=O) groups excluding carboxylic acids is 1. The normalized spacial score (nSPS) is 10.6. The first kappa shape index (κ1) is 19.0. The molecule has 7 nitrogen and oxygen atoms in total. The Morgan fingerprint density at radius 3 is 2.61 bits per heavy atom. The summed E-state index contributed by atoms with van der Waals surface area (Å²) in [7, 11) is 1.98. The molecule has 1 aromatic carbocycles. The fourth-order valence-corrected chi connectivity index (χ4v) is 2.38. The predicted octanol–water partition coefficient (Wildman–Crippen LogP) is 2.76. The van der Waals surface area contributed by atoms with Crippen LogP contribution in [0.4, 0.5) is 5.82 Å². The van der Waals surface area contributed by atoms with Gasteiger partial charge in [0, 0.05) is 31.2 Å². The topological polar surface area (TPSA) is 79.7 Å². The van der Waals surface area contributed by atoms with Gasteiger partial charge in [-0.1, -0.05) is 6.07 Å². The smallest absolute Gasteiger partial charge is 0.271 e. The number of hydrogen-bond donors (Lipinski definition) is 1. The molecule has 0 saturated carbocycles. The molecule has 0 bridgehead atoms. The maximum absolute atomic E-state index is 11.9. The van der Waals surface area contributed by atoms with Gasteiger partial charge in [0.2, 0.25) is 0 Å². The van der Waals surface area contributed by atoms with E-state index in [0.717, 1.165) is 23.7 Å². The summed E-state index contributed by atoms with van der Waals surface area (Å²) in [5, 5.41) is 3.97. The highest BCUT2D eigenvalue weighted by Gasteiger charge is 2.03. The summed E-state index contributed by atoms with van der Waals surface area (Å²) in [4.78, 5) is 22.1. The fourth-order valence-electron chi connectivity index (χ4n) is 2.38. The summed E-state index contributed by atoms with van der Waals surface area (Å²) >= 11 is 0. The lowest BCUT2D eigenvalue weighted by molar-refractivity contribution is 0.0955. The number of nitrogens with one attached hydrogen (secondary N) is 1. The molecule has 142 valence electrons. The number of likely N-dealkylation sites (N-methyl/N-ethyl adjacent to an activating group) is 1. The molecule has 0 atom stereocenters. The number of nitrogens with zero attached hydrogens (tertiary/aromatic N) is 4. The number of pyridine rings is 2. The van der Waals surface area contributed by atoms with Crippen LogP contribution in [0, 0.1) is 0 Å². The molecule has 0 radical (unpaired) electrons. The number of benzene rings is 1. The number of rotatable bonds is 8. The van der Waals surface area contributed by atoms with Crippen LogP contribution in [0.5, 0.6) is 5.75 Å². The number of anilines is 1. The Bertz CT molecular complexity index is 899. The molecular formula is C21H21N5O2. The van der Waals surface area contributed by atoms with Crippen LogP contribution in [-0.2, 0) is 0 Å². The van der Waals surface area contributed by atoms with Gasteiger partial charge in [-0.25, -0.2) is 10.4 Å². The van der Waals surface area contributed by atoms with E-state index in [4.69, 9.17) is 4.74 Å². The van der Waals surface area contributed by atoms with Crippen LogP contribution >= 0.6 is 0 Å². The first-order valence-electron chi connectivity index (χ1n) is 8.81. The lowest BCUT2D eigenvalue weighted by Crippen LogP contribution is -2.24. The molecule has 0 unspecified atom stereocenters. The average molecular weight is 375 g/mol. The molecule has 7 heteroatoms. The quantitative estimate of drug-likeness (QED) is 0.484. The SMILES string of the molecule is CN(CCOc1ccc(C=NNC(=O)c2ccncc2)cc1)c1ccccn1. The number of hydrazone groups is 1. The van der Waals surface area contributed by atoms with E-state index >= 15 is 0 Å². The molecule has 2 heterocycles. The zero-order valence-electron chi connectivity index (χ0n) is 15.5. The van der Waals surface area contributed by atoms with Gasteiger partial charge in [0.1, 0.15) is 18.2 Å². The van der Waals surface area contributed by atoms with Crippen molar-refractivity contribution in [1.29, 1.82) is 0 Å². The summed E-state index contributed by atoms with van der Waals surface area (Å²) in [6, 6.07) is 16.5. The second kappa shape index (κ2) is 9.82. The summed E-state index contributed by atoms with van der Waals surface area (Å²) in [6.45, 7) is 1.27. The highest BCUT2D eigenvalue weighted by atomic mass is 16.5. The minimum Gasteiger partial charge on any atom is -0.492 e. The number of carbonyl (C=O) groups is 1. The standard InChI is InChI=1S/C21H21N5O2/c1-26(20-4-2-3-11-23-20)14-15-28-19-7-5-17(6-8-19)16-24-25-21(27)18-9-12-22-13-10-18/h2-13,16H,14-15H2,1H3,(H,25,27). The van der Waals surface area contributed by atoms with Gasteiger partial charge in [-0.05, 0) is 54.1 Å². The van der Waals surface area contributed by atoms with E-state index in [-0.39, 0.29) is 5.91 Å². The second-order valence-electron chi connectivity index (χ2n) is 5.96. The van der Waals surface area contributed by atoms with Crippen LogP contribution < -0.4 is 15.1 Å². The largest absolute Gasteiger partial charge is 0.492 e. The second-order valence-corrected chi connectivity index (χ2v) is 5.96. The van der Waals surface area contributed by atoms with Gasteiger partial charge in [-0.15, -0.1) is 0 Å². The van der Waals surface area contributed by atoms with Crippen LogP contribution in [0.25, 0.3) is 0 Å². The van der Waals surface area contributed by atoms with Crippen molar-refractivity contribution >= 4 is 17.9 Å². The van der Waals surface area contributed by atoms with Crippen molar-refractivity contribution in [3.8, 4) is 5.75 Å². The molecule has 0 aliphatic rings. The van der Waals surface area contributed by atoms with Gasteiger partial charge >= 0.3 is 0 Å². The van der Waals surface area contributed by atoms with E-state index < -0.39 is 0 Å². The zero-order valence-corrected chi connectivity index (χ0v) is 15.5. The maximum atomic E-state index is 11.9. The van der Waals surface area contributed by atoms with Crippen molar-refractivity contribution in [1.82, 2.24) is 15.4 Å². The van der Waals surface area contributed by atoms with Crippen molar-refractivity contribution < 1.29 is 9.53 Å². The minimum absolute atomic E-state index is 0.282. The van der Waals surface area contributed by atoms with Crippen LogP contribution in [-0.4, -0.2) is 42.3 Å². The van der Waals surface area contributed by atoms with E-state index in [0.29, 0.717) is 12.2 Å². The molecule has 0 aliphatic heterocycles. The lowest BCUT2D eigenvalue weighted by atomic mass is 10.2. The van der Waals surface area contributed by atoms with Gasteiger partial charge in [0.25, 0.3) is 5.91 Å². The summed E-state index contributed by atoms with van der Waals surface area (Å²) in [5.74, 6) is 1.40. The minimum atomic E-state index is -0.282. The molecule has 28 heavy (non-hydrogen) atoms. The molecule has 0 fully saturated rings. The molecule has 3 aromatic rings. The van der Waals surface area contributed by atoms with Crippen LogP contribution in [0.2, 0.25) is 0 Å². The van der Waals surface area contributed by atoms with Crippen LogP contribution in [0.1, 0.15) is 15.9 Å². The first-order valence-corrected chi connectivity index (χ1v) is 8.81. The van der Waals surface area contributed by atoms with Crippen molar-refractivity contribution in [3.63, 3.8) is 0 Å². The van der Waals surface area contributed by atoms with E-state index in [1.165, 1.54) is 0 Å². The Kier molecular flexibility index (Phi) is 6.67. The van der Waals surface area contributed by atoms with E-state index in [1.807, 2.05) is 54.4 Å².